The van der Waals surface area contributed by atoms with E-state index in [1.807, 2.05) is 42.2 Å². The van der Waals surface area contributed by atoms with Gasteiger partial charge in [-0.1, -0.05) is 43.2 Å². The van der Waals surface area contributed by atoms with Crippen molar-refractivity contribution in [1.29, 1.82) is 5.26 Å². The van der Waals surface area contributed by atoms with E-state index in [9.17, 15) is 18.5 Å². The number of anilines is 1. The summed E-state index contributed by atoms with van der Waals surface area (Å²) in [6.45, 7) is 2.89. The second-order valence-corrected chi connectivity index (χ2v) is 11.3. The highest BCUT2D eigenvalue weighted by Crippen LogP contribution is 2.51. The molecule has 3 aromatic rings. The summed E-state index contributed by atoms with van der Waals surface area (Å²) in [7, 11) is -3.75. The molecular weight excluding hydrogens is 472 g/mol. The molecule has 1 fully saturated rings. The molecule has 8 heteroatoms. The van der Waals surface area contributed by atoms with Gasteiger partial charge in [-0.3, -0.25) is 4.90 Å². The Morgan fingerprint density at radius 2 is 1.83 bits per heavy atom. The van der Waals surface area contributed by atoms with Gasteiger partial charge in [-0.15, -0.1) is 0 Å². The van der Waals surface area contributed by atoms with Gasteiger partial charge < -0.3 is 5.32 Å². The Hall–Kier alpha value is -3.67. The molecule has 5 rings (SSSR count). The smallest absolute Gasteiger partial charge is 0.322 e. The predicted octanol–water partition coefficient (Wildman–Crippen LogP) is 4.72. The van der Waals surface area contributed by atoms with Crippen LogP contribution in [0.5, 0.6) is 0 Å². The Morgan fingerprint density at radius 1 is 1.11 bits per heavy atom. The van der Waals surface area contributed by atoms with Crippen LogP contribution in [0.15, 0.2) is 65.6 Å². The van der Waals surface area contributed by atoms with E-state index in [-0.39, 0.29) is 22.9 Å². The van der Waals surface area contributed by atoms with Crippen LogP contribution in [0.1, 0.15) is 47.9 Å². The molecule has 1 aliphatic heterocycles. The van der Waals surface area contributed by atoms with Gasteiger partial charge in [0.25, 0.3) is 0 Å². The lowest BCUT2D eigenvalue weighted by molar-refractivity contribution is 0.245. The first-order valence-electron chi connectivity index (χ1n) is 12.0. The molecule has 2 amide bonds. The van der Waals surface area contributed by atoms with Crippen LogP contribution in [0.2, 0.25) is 0 Å². The van der Waals surface area contributed by atoms with Gasteiger partial charge in [0.05, 0.1) is 16.5 Å². The normalized spacial score (nSPS) is 16.1. The summed E-state index contributed by atoms with van der Waals surface area (Å²) in [5, 5.41) is 17.6. The van der Waals surface area contributed by atoms with Gasteiger partial charge in [-0.2, -0.15) is 5.26 Å². The molecule has 2 aliphatic rings. The highest BCUT2D eigenvalue weighted by molar-refractivity contribution is 7.89. The number of nitriles is 1. The van der Waals surface area contributed by atoms with E-state index in [0.29, 0.717) is 12.1 Å². The minimum atomic E-state index is -3.75. The van der Waals surface area contributed by atoms with Gasteiger partial charge in [0.2, 0.25) is 10.0 Å². The SMILES string of the molecule is Cc1c(C#N)cccc1-c1ccc2c(c1)C1(CCCC1)CN2C(=O)NCc1ccc(S(N)(=O)=O)cc1. The lowest BCUT2D eigenvalue weighted by Gasteiger charge is -2.25. The Morgan fingerprint density at radius 3 is 2.50 bits per heavy atom. The van der Waals surface area contributed by atoms with Crippen LogP contribution in [0.25, 0.3) is 11.1 Å². The van der Waals surface area contributed by atoms with Crippen LogP contribution in [0.3, 0.4) is 0 Å². The number of fused-ring (bicyclic) bond motifs is 2. The summed E-state index contributed by atoms with van der Waals surface area (Å²) in [5.41, 5.74) is 6.59. The Bertz CT molecular complexity index is 1480. The topological polar surface area (TPSA) is 116 Å². The van der Waals surface area contributed by atoms with E-state index >= 15 is 0 Å². The summed E-state index contributed by atoms with van der Waals surface area (Å²) >= 11 is 0. The molecule has 0 saturated heterocycles. The number of benzene rings is 3. The van der Waals surface area contributed by atoms with Crippen LogP contribution >= 0.6 is 0 Å². The first-order valence-corrected chi connectivity index (χ1v) is 13.6. The second-order valence-electron chi connectivity index (χ2n) is 9.74. The summed E-state index contributed by atoms with van der Waals surface area (Å²) in [6, 6.07) is 20.3. The van der Waals surface area contributed by atoms with Crippen LogP contribution in [-0.2, 0) is 22.0 Å². The fourth-order valence-corrected chi connectivity index (χ4v) is 6.15. The molecule has 0 bridgehead atoms. The van der Waals surface area contributed by atoms with E-state index in [0.717, 1.165) is 53.6 Å². The first kappa shape index (κ1) is 24.0. The molecule has 3 aromatic carbocycles. The zero-order valence-corrected chi connectivity index (χ0v) is 20.9. The molecule has 0 radical (unpaired) electrons. The Labute approximate surface area is 211 Å². The van der Waals surface area contributed by atoms with Crippen LogP contribution in [0.4, 0.5) is 10.5 Å². The van der Waals surface area contributed by atoms with Gasteiger partial charge in [-0.05, 0) is 77.9 Å². The highest BCUT2D eigenvalue weighted by atomic mass is 32.2. The first-order chi connectivity index (χ1) is 17.2. The van der Waals surface area contributed by atoms with Crippen molar-refractivity contribution in [1.82, 2.24) is 5.32 Å². The number of rotatable bonds is 4. The van der Waals surface area contributed by atoms with Gasteiger partial charge in [0, 0.05) is 24.2 Å². The van der Waals surface area contributed by atoms with Gasteiger partial charge >= 0.3 is 6.03 Å². The average Bonchev–Trinajstić information content (AvgIpc) is 3.47. The molecular formula is C28H28N4O3S. The number of urea groups is 1. The Balaban J connectivity index is 1.42. The zero-order chi connectivity index (χ0) is 25.5. The number of nitrogens with two attached hydrogens (primary N) is 1. The second kappa shape index (κ2) is 9.08. The van der Waals surface area contributed by atoms with Gasteiger partial charge in [0.15, 0.2) is 0 Å². The minimum absolute atomic E-state index is 0.0422. The third kappa shape index (κ3) is 4.25. The lowest BCUT2D eigenvalue weighted by Crippen LogP contribution is -2.41. The van der Waals surface area contributed by atoms with E-state index < -0.39 is 10.0 Å². The van der Waals surface area contributed by atoms with Crippen LogP contribution < -0.4 is 15.4 Å². The van der Waals surface area contributed by atoms with Crippen molar-refractivity contribution in [2.24, 2.45) is 5.14 Å². The van der Waals surface area contributed by atoms with E-state index in [4.69, 9.17) is 5.14 Å². The number of carbonyl (C=O) groups is 1. The number of nitrogens with zero attached hydrogens (tertiary/aromatic N) is 2. The fraction of sp³-hybridized carbons (Fsp3) is 0.286. The fourth-order valence-electron chi connectivity index (χ4n) is 5.64. The predicted molar refractivity (Wildman–Crippen MR) is 139 cm³/mol. The molecule has 0 unspecified atom stereocenters. The van der Waals surface area contributed by atoms with Crippen molar-refractivity contribution in [3.8, 4) is 17.2 Å². The number of hydrogen-bond donors (Lipinski definition) is 2. The molecule has 184 valence electrons. The number of nitrogens with one attached hydrogen (secondary N) is 1. The van der Waals surface area contributed by atoms with E-state index in [1.165, 1.54) is 17.7 Å². The van der Waals surface area contributed by atoms with Gasteiger partial charge in [-0.25, -0.2) is 18.4 Å². The summed E-state index contributed by atoms with van der Waals surface area (Å²) in [4.78, 5) is 15.2. The average molecular weight is 501 g/mol. The van der Waals surface area contributed by atoms with Gasteiger partial charge in [0.1, 0.15) is 0 Å². The van der Waals surface area contributed by atoms with Crippen molar-refractivity contribution in [2.75, 3.05) is 11.4 Å². The largest absolute Gasteiger partial charge is 0.334 e. The standard InChI is InChI=1S/C28H28N4O3S/c1-19-22(16-29)5-4-6-24(19)21-9-12-26-25(15-21)28(13-2-3-14-28)18-32(26)27(33)31-17-20-7-10-23(11-8-20)36(30,34)35/h4-12,15H,2-3,13-14,17-18H2,1H3,(H,31,33)(H2,30,34,35). The molecule has 3 N–H and O–H groups in total. The zero-order valence-electron chi connectivity index (χ0n) is 20.1. The van der Waals surface area contributed by atoms with E-state index in [2.05, 4.69) is 17.5 Å². The maximum atomic E-state index is 13.3. The number of hydrogen-bond acceptors (Lipinski definition) is 4. The highest BCUT2D eigenvalue weighted by Gasteiger charge is 2.46. The Kier molecular flexibility index (Phi) is 6.07. The molecule has 1 spiro atoms. The third-order valence-electron chi connectivity index (χ3n) is 7.59. The maximum absolute atomic E-state index is 13.3. The molecule has 36 heavy (non-hydrogen) atoms. The maximum Gasteiger partial charge on any atom is 0.322 e. The monoisotopic (exact) mass is 500 g/mol. The third-order valence-corrected chi connectivity index (χ3v) is 8.52. The summed E-state index contributed by atoms with van der Waals surface area (Å²) < 4.78 is 23.0. The summed E-state index contributed by atoms with van der Waals surface area (Å²) in [6.07, 6.45) is 4.36. The lowest BCUT2D eigenvalue weighted by atomic mass is 9.79. The van der Waals surface area contributed by atoms with Crippen molar-refractivity contribution >= 4 is 21.7 Å². The van der Waals surface area contributed by atoms with Crippen LogP contribution in [0, 0.1) is 18.3 Å². The van der Waals surface area contributed by atoms with E-state index in [1.54, 1.807) is 12.1 Å². The molecule has 0 atom stereocenters. The van der Waals surface area contributed by atoms with Crippen molar-refractivity contribution in [3.63, 3.8) is 0 Å². The minimum Gasteiger partial charge on any atom is -0.334 e. The number of primary sulfonamides is 1. The van der Waals surface area contributed by atoms with Crippen molar-refractivity contribution in [3.05, 3.63) is 82.9 Å². The number of carbonyl (C=O) groups excluding carboxylic acids is 1. The van der Waals surface area contributed by atoms with Crippen LogP contribution in [-0.4, -0.2) is 21.0 Å². The molecule has 7 nitrogen and oxygen atoms in total. The molecule has 1 aliphatic carbocycles. The quantitative estimate of drug-likeness (QED) is 0.539. The number of amides is 2. The van der Waals surface area contributed by atoms with Crippen molar-refractivity contribution in [2.45, 2.75) is 49.5 Å². The molecule has 1 saturated carbocycles. The molecule has 0 aromatic heterocycles. The van der Waals surface area contributed by atoms with Crippen molar-refractivity contribution < 1.29 is 13.2 Å². The number of sulfonamides is 1. The molecule has 1 heterocycles. The summed E-state index contributed by atoms with van der Waals surface area (Å²) in [5.74, 6) is 0.